The van der Waals surface area contributed by atoms with Crippen LogP contribution in [0.15, 0.2) is 48.6 Å². The van der Waals surface area contributed by atoms with Gasteiger partial charge in [0.05, 0.1) is 12.3 Å². The molecule has 31 heavy (non-hydrogen) atoms. The monoisotopic (exact) mass is 538 g/mol. The van der Waals surface area contributed by atoms with Crippen molar-refractivity contribution in [1.82, 2.24) is 0 Å². The van der Waals surface area contributed by atoms with Crippen LogP contribution in [-0.2, 0) is 29.1 Å². The number of hydrogen-bond acceptors (Lipinski definition) is 2. The van der Waals surface area contributed by atoms with Crippen molar-refractivity contribution in [2.24, 2.45) is 5.92 Å². The second-order valence-corrected chi connectivity index (χ2v) is 6.53. The number of carboxylic acids is 2. The first-order valence-corrected chi connectivity index (χ1v) is 9.96. The molecule has 1 atom stereocenters. The second-order valence-electron chi connectivity index (χ2n) is 6.53. The van der Waals surface area contributed by atoms with Crippen molar-refractivity contribution < 1.29 is 56.5 Å². The molecule has 180 valence electrons. The molecule has 0 heterocycles. The first-order valence-electron chi connectivity index (χ1n) is 9.96. The predicted octanol–water partition coefficient (Wildman–Crippen LogP) is 6.82. The zero-order valence-corrected chi connectivity index (χ0v) is 19.3. The summed E-state index contributed by atoms with van der Waals surface area (Å²) in [6.07, 6.45) is 27.7. The molecule has 4 nitrogen and oxygen atoms in total. The molecule has 0 aromatic carbocycles. The van der Waals surface area contributed by atoms with E-state index in [1.165, 1.54) is 58.3 Å². The SMILES string of the molecule is C1=C\CC/C=C\CC/1.C1=C\CC/C=C\CC/1.CC(CC(=O)O)C(=O)O.F[B-](F)(F)F.[Rh+]. The first kappa shape index (κ1) is 33.9. The summed E-state index contributed by atoms with van der Waals surface area (Å²) in [5, 5.41) is 16.2. The number of carbonyl (C=O) groups is 2. The molecular formula is C21H32BF4O4Rh. The number of allylic oxidation sites excluding steroid dienone is 8. The molecule has 10 heteroatoms. The summed E-state index contributed by atoms with van der Waals surface area (Å²) in [6, 6.07) is 0. The maximum absolute atomic E-state index is 9.97. The summed E-state index contributed by atoms with van der Waals surface area (Å²) in [5.74, 6) is -2.94. The van der Waals surface area contributed by atoms with Crippen LogP contribution < -0.4 is 0 Å². The Bertz CT molecular complexity index is 490. The Morgan fingerprint density at radius 3 is 1.00 bits per heavy atom. The average Bonchev–Trinajstić information content (AvgIpc) is 2.52. The van der Waals surface area contributed by atoms with Gasteiger partial charge in [-0.15, -0.1) is 0 Å². The molecule has 0 fully saturated rings. The molecule has 2 N–H and O–H groups in total. The van der Waals surface area contributed by atoms with Gasteiger partial charge in [0.2, 0.25) is 0 Å². The Balaban J connectivity index is -0.000000340. The van der Waals surface area contributed by atoms with Gasteiger partial charge < -0.3 is 27.5 Å². The van der Waals surface area contributed by atoms with E-state index < -0.39 is 25.1 Å². The Hall–Kier alpha value is -1.69. The summed E-state index contributed by atoms with van der Waals surface area (Å²) in [4.78, 5) is 19.8. The molecule has 0 saturated carbocycles. The molecule has 0 aromatic heterocycles. The molecule has 2 aliphatic carbocycles. The maximum atomic E-state index is 9.97. The van der Waals surface area contributed by atoms with Gasteiger partial charge in [-0.25, -0.2) is 0 Å². The predicted molar refractivity (Wildman–Crippen MR) is 113 cm³/mol. The molecular weight excluding hydrogens is 506 g/mol. The number of carboxylic acid groups (broad SMARTS) is 2. The van der Waals surface area contributed by atoms with Gasteiger partial charge >= 0.3 is 38.7 Å². The zero-order chi connectivity index (χ0) is 23.3. The summed E-state index contributed by atoms with van der Waals surface area (Å²) >= 11 is 0. The molecule has 0 aliphatic heterocycles. The van der Waals surface area contributed by atoms with Crippen LogP contribution in [0, 0.1) is 5.92 Å². The second kappa shape index (κ2) is 23.0. The molecule has 0 aromatic rings. The van der Waals surface area contributed by atoms with Crippen molar-refractivity contribution >= 4 is 19.2 Å². The molecule has 0 bridgehead atoms. The number of halogens is 4. The summed E-state index contributed by atoms with van der Waals surface area (Å²) in [6.45, 7) is 1.36. The zero-order valence-electron chi connectivity index (χ0n) is 17.7. The van der Waals surface area contributed by atoms with Gasteiger partial charge in [0.1, 0.15) is 0 Å². The van der Waals surface area contributed by atoms with Crippen molar-refractivity contribution in [1.29, 1.82) is 0 Å². The van der Waals surface area contributed by atoms with E-state index in [9.17, 15) is 26.9 Å². The largest absolute Gasteiger partial charge is 1.00 e. The minimum absolute atomic E-state index is 0. The maximum Gasteiger partial charge on any atom is 1.00 e. The fourth-order valence-electron chi connectivity index (χ4n) is 2.06. The van der Waals surface area contributed by atoms with Gasteiger partial charge in [-0.05, 0) is 51.4 Å². The van der Waals surface area contributed by atoms with Crippen molar-refractivity contribution in [2.75, 3.05) is 0 Å². The standard InChI is InChI=1S/2C8H12.C5H8O4.BF4.Rh/c2*1-2-4-6-8-7-5-3-1;1-3(5(8)9)2-4(6)7;2-1(3,4)5;/h2*1-2,7-8H,3-6H2;3H,2H2,1H3,(H,6,7)(H,8,9);;/q;;;-1;+1/b2*2-1-,8-7-;;;. The van der Waals surface area contributed by atoms with E-state index in [1.807, 2.05) is 0 Å². The molecule has 0 radical (unpaired) electrons. The van der Waals surface area contributed by atoms with Crippen LogP contribution in [-0.4, -0.2) is 29.4 Å². The summed E-state index contributed by atoms with van der Waals surface area (Å²) < 4.78 is 39.0. The van der Waals surface area contributed by atoms with E-state index in [-0.39, 0.29) is 25.9 Å². The topological polar surface area (TPSA) is 74.6 Å². The van der Waals surface area contributed by atoms with E-state index in [2.05, 4.69) is 48.6 Å². The number of hydrogen-bond donors (Lipinski definition) is 2. The van der Waals surface area contributed by atoms with E-state index in [4.69, 9.17) is 10.2 Å². The van der Waals surface area contributed by atoms with E-state index in [0.717, 1.165) is 0 Å². The van der Waals surface area contributed by atoms with E-state index in [1.54, 1.807) is 0 Å². The number of aliphatic carboxylic acids is 2. The molecule has 1 unspecified atom stereocenters. The minimum Gasteiger partial charge on any atom is -0.481 e. The van der Waals surface area contributed by atoms with Gasteiger partial charge in [0.15, 0.2) is 0 Å². The molecule has 0 spiro atoms. The van der Waals surface area contributed by atoms with Crippen LogP contribution in [0.2, 0.25) is 0 Å². The first-order chi connectivity index (χ1) is 14.0. The normalized spacial score (nSPS) is 20.0. The van der Waals surface area contributed by atoms with Gasteiger partial charge in [-0.3, -0.25) is 9.59 Å². The Labute approximate surface area is 195 Å². The van der Waals surface area contributed by atoms with Crippen LogP contribution in [0.3, 0.4) is 0 Å². The van der Waals surface area contributed by atoms with Crippen molar-refractivity contribution in [2.45, 2.75) is 64.7 Å². The Kier molecular flexibility index (Phi) is 25.2. The van der Waals surface area contributed by atoms with Gasteiger partial charge in [-0.1, -0.05) is 55.5 Å². The van der Waals surface area contributed by atoms with Crippen LogP contribution in [0.1, 0.15) is 64.7 Å². The van der Waals surface area contributed by atoms with Crippen LogP contribution in [0.25, 0.3) is 0 Å². The van der Waals surface area contributed by atoms with E-state index >= 15 is 0 Å². The van der Waals surface area contributed by atoms with Crippen molar-refractivity contribution in [3.05, 3.63) is 48.6 Å². The third-order valence-corrected chi connectivity index (χ3v) is 3.57. The Morgan fingerprint density at radius 2 is 0.903 bits per heavy atom. The van der Waals surface area contributed by atoms with Gasteiger partial charge in [0, 0.05) is 0 Å². The van der Waals surface area contributed by atoms with Crippen molar-refractivity contribution in [3.8, 4) is 0 Å². The van der Waals surface area contributed by atoms with Gasteiger partial charge in [-0.2, -0.15) is 0 Å². The third-order valence-electron chi connectivity index (χ3n) is 3.57. The quantitative estimate of drug-likeness (QED) is 0.235. The minimum atomic E-state index is -6.00. The molecule has 2 rings (SSSR count). The molecule has 2 aliphatic rings. The summed E-state index contributed by atoms with van der Waals surface area (Å²) in [7, 11) is -6.00. The van der Waals surface area contributed by atoms with Gasteiger partial charge in [0.25, 0.3) is 0 Å². The Morgan fingerprint density at radius 1 is 0.710 bits per heavy atom. The fourth-order valence-corrected chi connectivity index (χ4v) is 2.06. The summed E-state index contributed by atoms with van der Waals surface area (Å²) in [5.41, 5.74) is 0. The van der Waals surface area contributed by atoms with Crippen LogP contribution >= 0.6 is 0 Å². The molecule has 0 saturated heterocycles. The third kappa shape index (κ3) is 39.4. The van der Waals surface area contributed by atoms with E-state index in [0.29, 0.717) is 0 Å². The average molecular weight is 538 g/mol. The molecule has 0 amide bonds. The fraction of sp³-hybridized carbons (Fsp3) is 0.524. The number of rotatable bonds is 3. The smallest absolute Gasteiger partial charge is 0.481 e. The van der Waals surface area contributed by atoms with Crippen LogP contribution in [0.4, 0.5) is 17.3 Å². The van der Waals surface area contributed by atoms with Crippen LogP contribution in [0.5, 0.6) is 0 Å². The van der Waals surface area contributed by atoms with Crippen molar-refractivity contribution in [3.63, 3.8) is 0 Å².